The molecular formula is C13H11FO2. The summed E-state index contributed by atoms with van der Waals surface area (Å²) in [5.41, 5.74) is 0.414. The van der Waals surface area contributed by atoms with Crippen molar-refractivity contribution in [3.63, 3.8) is 0 Å². The van der Waals surface area contributed by atoms with E-state index in [1.54, 1.807) is 30.3 Å². The van der Waals surface area contributed by atoms with Gasteiger partial charge in [-0.05, 0) is 31.2 Å². The van der Waals surface area contributed by atoms with Gasteiger partial charge in [-0.15, -0.1) is 0 Å². The minimum absolute atomic E-state index is 0.0226. The van der Waals surface area contributed by atoms with Gasteiger partial charge >= 0.3 is 0 Å². The quantitative estimate of drug-likeness (QED) is 0.791. The van der Waals surface area contributed by atoms with Gasteiger partial charge in [-0.1, -0.05) is 12.1 Å². The Bertz CT molecular complexity index is 514. The summed E-state index contributed by atoms with van der Waals surface area (Å²) in [5.74, 6) is 0.709. The van der Waals surface area contributed by atoms with E-state index in [-0.39, 0.29) is 18.0 Å². The fourth-order valence-corrected chi connectivity index (χ4v) is 1.52. The number of hydrogen-bond acceptors (Lipinski definition) is 2. The monoisotopic (exact) mass is 218 g/mol. The van der Waals surface area contributed by atoms with E-state index in [4.69, 9.17) is 4.42 Å². The molecule has 0 bridgehead atoms. The first-order valence-electron chi connectivity index (χ1n) is 5.00. The predicted octanol–water partition coefficient (Wildman–Crippen LogP) is 3.22. The van der Waals surface area contributed by atoms with Gasteiger partial charge in [0.05, 0.1) is 12.0 Å². The van der Waals surface area contributed by atoms with Crippen molar-refractivity contribution in [3.8, 4) is 11.3 Å². The minimum Gasteiger partial charge on any atom is -0.461 e. The Morgan fingerprint density at radius 3 is 2.69 bits per heavy atom. The predicted molar refractivity (Wildman–Crippen MR) is 58.5 cm³/mol. The topological polar surface area (TPSA) is 30.2 Å². The number of rotatable bonds is 3. The molecule has 1 aromatic carbocycles. The van der Waals surface area contributed by atoms with Crippen LogP contribution in [0.4, 0.5) is 4.39 Å². The van der Waals surface area contributed by atoms with Crippen LogP contribution < -0.4 is 0 Å². The fraction of sp³-hybridized carbons (Fsp3) is 0.154. The first-order valence-corrected chi connectivity index (χ1v) is 5.00. The Morgan fingerprint density at radius 1 is 1.25 bits per heavy atom. The van der Waals surface area contributed by atoms with E-state index >= 15 is 0 Å². The summed E-state index contributed by atoms with van der Waals surface area (Å²) in [5, 5.41) is 0. The lowest BCUT2D eigenvalue weighted by molar-refractivity contribution is -0.116. The number of Topliss-reactive ketones (excluding diaryl/α,β-unsaturated/α-hetero) is 1. The second-order valence-electron chi connectivity index (χ2n) is 3.62. The summed E-state index contributed by atoms with van der Waals surface area (Å²) < 4.78 is 18.8. The van der Waals surface area contributed by atoms with E-state index in [9.17, 15) is 9.18 Å². The second kappa shape index (κ2) is 4.31. The summed E-state index contributed by atoms with van der Waals surface area (Å²) in [7, 11) is 0. The van der Waals surface area contributed by atoms with Crippen LogP contribution in [0, 0.1) is 5.82 Å². The third kappa shape index (κ3) is 2.19. The maximum Gasteiger partial charge on any atom is 0.137 e. The van der Waals surface area contributed by atoms with Crippen LogP contribution in [-0.2, 0) is 11.2 Å². The molecular weight excluding hydrogens is 207 g/mol. The van der Waals surface area contributed by atoms with Crippen molar-refractivity contribution in [1.29, 1.82) is 0 Å². The first kappa shape index (κ1) is 10.6. The Labute approximate surface area is 92.7 Å². The summed E-state index contributed by atoms with van der Waals surface area (Å²) >= 11 is 0. The molecule has 0 saturated carbocycles. The average molecular weight is 218 g/mol. The third-order valence-electron chi connectivity index (χ3n) is 2.22. The third-order valence-corrected chi connectivity index (χ3v) is 2.22. The van der Waals surface area contributed by atoms with E-state index in [2.05, 4.69) is 0 Å². The number of hydrogen-bond donors (Lipinski definition) is 0. The molecule has 0 aliphatic carbocycles. The van der Waals surface area contributed by atoms with Crippen molar-refractivity contribution in [3.05, 3.63) is 48.0 Å². The molecule has 2 rings (SSSR count). The highest BCUT2D eigenvalue weighted by Crippen LogP contribution is 2.24. The Balaban J connectivity index is 2.32. The van der Waals surface area contributed by atoms with Crippen LogP contribution >= 0.6 is 0 Å². The lowest BCUT2D eigenvalue weighted by atomic mass is 10.1. The lowest BCUT2D eigenvalue weighted by Crippen LogP contribution is -1.93. The summed E-state index contributed by atoms with van der Waals surface area (Å²) in [6, 6.07) is 9.76. The van der Waals surface area contributed by atoms with E-state index in [0.29, 0.717) is 17.1 Å². The van der Waals surface area contributed by atoms with Gasteiger partial charge in [0.15, 0.2) is 0 Å². The van der Waals surface area contributed by atoms with Gasteiger partial charge in [-0.25, -0.2) is 4.39 Å². The SMILES string of the molecule is CC(=O)Cc1ccc(-c2ccccc2F)o1. The number of carbonyl (C=O) groups excluding carboxylic acids is 1. The molecule has 0 N–H and O–H groups in total. The van der Waals surface area contributed by atoms with Crippen molar-refractivity contribution in [2.45, 2.75) is 13.3 Å². The van der Waals surface area contributed by atoms with Crippen molar-refractivity contribution < 1.29 is 13.6 Å². The molecule has 0 spiro atoms. The zero-order chi connectivity index (χ0) is 11.5. The molecule has 2 nitrogen and oxygen atoms in total. The molecule has 3 heteroatoms. The van der Waals surface area contributed by atoms with Crippen molar-refractivity contribution >= 4 is 5.78 Å². The average Bonchev–Trinajstić information content (AvgIpc) is 2.66. The first-order chi connectivity index (χ1) is 7.66. The van der Waals surface area contributed by atoms with E-state index in [1.165, 1.54) is 13.0 Å². The number of benzene rings is 1. The van der Waals surface area contributed by atoms with Crippen molar-refractivity contribution in [2.24, 2.45) is 0 Å². The zero-order valence-corrected chi connectivity index (χ0v) is 8.87. The van der Waals surface area contributed by atoms with Gasteiger partial charge in [-0.2, -0.15) is 0 Å². The maximum absolute atomic E-state index is 13.4. The molecule has 0 atom stereocenters. The molecule has 0 aliphatic heterocycles. The highest BCUT2D eigenvalue weighted by Gasteiger charge is 2.09. The molecule has 16 heavy (non-hydrogen) atoms. The standard InChI is InChI=1S/C13H11FO2/c1-9(15)8-10-6-7-13(16-10)11-4-2-3-5-12(11)14/h2-7H,8H2,1H3. The molecule has 2 aromatic rings. The summed E-state index contributed by atoms with van der Waals surface area (Å²) in [4.78, 5) is 10.9. The molecule has 1 heterocycles. The molecule has 0 radical (unpaired) electrons. The highest BCUT2D eigenvalue weighted by molar-refractivity contribution is 5.77. The van der Waals surface area contributed by atoms with Crippen molar-refractivity contribution in [2.75, 3.05) is 0 Å². The van der Waals surface area contributed by atoms with Gasteiger partial charge in [0.2, 0.25) is 0 Å². The maximum atomic E-state index is 13.4. The Hall–Kier alpha value is -1.90. The van der Waals surface area contributed by atoms with Gasteiger partial charge in [0, 0.05) is 0 Å². The van der Waals surface area contributed by atoms with Crippen LogP contribution in [0.2, 0.25) is 0 Å². The van der Waals surface area contributed by atoms with Crippen LogP contribution in [0.1, 0.15) is 12.7 Å². The fourth-order valence-electron chi connectivity index (χ4n) is 1.52. The summed E-state index contributed by atoms with van der Waals surface area (Å²) in [6.45, 7) is 1.49. The molecule has 1 aromatic heterocycles. The van der Waals surface area contributed by atoms with Gasteiger partial charge in [0.1, 0.15) is 23.1 Å². The van der Waals surface area contributed by atoms with Gasteiger partial charge in [0.25, 0.3) is 0 Å². The van der Waals surface area contributed by atoms with Gasteiger partial charge < -0.3 is 4.42 Å². The van der Waals surface area contributed by atoms with Crippen LogP contribution in [-0.4, -0.2) is 5.78 Å². The van der Waals surface area contributed by atoms with Crippen LogP contribution in [0.15, 0.2) is 40.8 Å². The molecule has 0 saturated heterocycles. The molecule has 82 valence electrons. The molecule has 0 fully saturated rings. The zero-order valence-electron chi connectivity index (χ0n) is 8.87. The Kier molecular flexibility index (Phi) is 2.86. The summed E-state index contributed by atoms with van der Waals surface area (Å²) in [6.07, 6.45) is 0.244. The highest BCUT2D eigenvalue weighted by atomic mass is 19.1. The molecule has 0 aliphatic rings. The molecule has 0 unspecified atom stereocenters. The number of furan rings is 1. The van der Waals surface area contributed by atoms with Crippen LogP contribution in [0.25, 0.3) is 11.3 Å². The lowest BCUT2D eigenvalue weighted by Gasteiger charge is -1.98. The van der Waals surface area contributed by atoms with Crippen molar-refractivity contribution in [1.82, 2.24) is 0 Å². The minimum atomic E-state index is -0.328. The van der Waals surface area contributed by atoms with Crippen LogP contribution in [0.5, 0.6) is 0 Å². The van der Waals surface area contributed by atoms with E-state index in [0.717, 1.165) is 0 Å². The number of carbonyl (C=O) groups is 1. The van der Waals surface area contributed by atoms with Gasteiger partial charge in [-0.3, -0.25) is 4.79 Å². The normalized spacial score (nSPS) is 10.4. The van der Waals surface area contributed by atoms with E-state index in [1.807, 2.05) is 0 Å². The second-order valence-corrected chi connectivity index (χ2v) is 3.62. The smallest absolute Gasteiger partial charge is 0.137 e. The van der Waals surface area contributed by atoms with E-state index < -0.39 is 0 Å². The largest absolute Gasteiger partial charge is 0.461 e. The number of halogens is 1. The molecule has 0 amide bonds. The Morgan fingerprint density at radius 2 is 2.00 bits per heavy atom. The number of ketones is 1. The van der Waals surface area contributed by atoms with Crippen LogP contribution in [0.3, 0.4) is 0 Å².